The van der Waals surface area contributed by atoms with E-state index in [2.05, 4.69) is 0 Å². The summed E-state index contributed by atoms with van der Waals surface area (Å²) in [5.41, 5.74) is 1.86. The smallest absolute Gasteiger partial charge is 0.204 e. The van der Waals surface area contributed by atoms with Gasteiger partial charge in [-0.2, -0.15) is 8.78 Å². The van der Waals surface area contributed by atoms with E-state index >= 15 is 0 Å². The molecule has 0 saturated heterocycles. The van der Waals surface area contributed by atoms with Gasteiger partial charge >= 0.3 is 0 Å². The number of ether oxygens (including phenoxy) is 2. The van der Waals surface area contributed by atoms with E-state index in [1.807, 2.05) is 0 Å². The highest BCUT2D eigenvalue weighted by atomic mass is 19.2. The van der Waals surface area contributed by atoms with Crippen molar-refractivity contribution in [2.45, 2.75) is 51.6 Å². The maximum absolute atomic E-state index is 14.9. The van der Waals surface area contributed by atoms with E-state index in [-0.39, 0.29) is 36.2 Å². The summed E-state index contributed by atoms with van der Waals surface area (Å²) >= 11 is 0. The fourth-order valence-corrected chi connectivity index (χ4v) is 4.35. The van der Waals surface area contributed by atoms with E-state index in [0.29, 0.717) is 16.7 Å². The molecular formula is C27H26F4O2. The molecule has 1 saturated carbocycles. The molecule has 1 fully saturated rings. The van der Waals surface area contributed by atoms with Gasteiger partial charge < -0.3 is 9.47 Å². The second kappa shape index (κ2) is 10.3. The van der Waals surface area contributed by atoms with Crippen LogP contribution in [0.2, 0.25) is 0 Å². The predicted octanol–water partition coefficient (Wildman–Crippen LogP) is 7.94. The zero-order valence-electron chi connectivity index (χ0n) is 18.5. The second-order valence-corrected chi connectivity index (χ2v) is 8.27. The van der Waals surface area contributed by atoms with Gasteiger partial charge in [0.05, 0.1) is 6.61 Å². The van der Waals surface area contributed by atoms with Crippen LogP contribution in [-0.2, 0) is 6.61 Å². The van der Waals surface area contributed by atoms with Crippen molar-refractivity contribution in [1.82, 2.24) is 0 Å². The molecule has 0 heterocycles. The van der Waals surface area contributed by atoms with E-state index < -0.39 is 23.3 Å². The summed E-state index contributed by atoms with van der Waals surface area (Å²) in [5.74, 6) is -4.14. The molecule has 2 nitrogen and oxygen atoms in total. The Hall–Kier alpha value is -3.02. The van der Waals surface area contributed by atoms with Crippen molar-refractivity contribution in [3.63, 3.8) is 0 Å². The monoisotopic (exact) mass is 458 g/mol. The molecule has 0 N–H and O–H groups in total. The van der Waals surface area contributed by atoms with Gasteiger partial charge in [0.1, 0.15) is 6.61 Å². The van der Waals surface area contributed by atoms with Crippen LogP contribution in [0.25, 0.3) is 11.1 Å². The third-order valence-electron chi connectivity index (χ3n) is 6.13. The molecule has 0 radical (unpaired) electrons. The van der Waals surface area contributed by atoms with Crippen molar-refractivity contribution in [2.24, 2.45) is 0 Å². The lowest BCUT2D eigenvalue weighted by Crippen LogP contribution is -2.08. The molecular weight excluding hydrogens is 432 g/mol. The third kappa shape index (κ3) is 5.00. The zero-order valence-corrected chi connectivity index (χ0v) is 18.5. The Kier molecular flexibility index (Phi) is 7.21. The minimum Gasteiger partial charge on any atom is -0.491 e. The number of benzene rings is 3. The van der Waals surface area contributed by atoms with Gasteiger partial charge in [0.15, 0.2) is 23.1 Å². The second-order valence-electron chi connectivity index (χ2n) is 8.27. The third-order valence-corrected chi connectivity index (χ3v) is 6.13. The summed E-state index contributed by atoms with van der Waals surface area (Å²) in [6.45, 7) is 1.88. The lowest BCUT2D eigenvalue weighted by atomic mass is 9.83. The molecule has 0 bridgehead atoms. The maximum Gasteiger partial charge on any atom is 0.204 e. The lowest BCUT2D eigenvalue weighted by molar-refractivity contribution is 0.274. The van der Waals surface area contributed by atoms with E-state index in [4.69, 9.17) is 9.47 Å². The van der Waals surface area contributed by atoms with Crippen LogP contribution in [0.4, 0.5) is 17.6 Å². The highest BCUT2D eigenvalue weighted by Gasteiger charge is 2.23. The van der Waals surface area contributed by atoms with Crippen LogP contribution in [0.5, 0.6) is 11.5 Å². The average Bonchev–Trinajstić information content (AvgIpc) is 2.84. The Morgan fingerprint density at radius 1 is 0.697 bits per heavy atom. The molecule has 0 amide bonds. The summed E-state index contributed by atoms with van der Waals surface area (Å²) in [7, 11) is 0. The highest BCUT2D eigenvalue weighted by Crippen LogP contribution is 2.37. The van der Waals surface area contributed by atoms with Crippen LogP contribution in [0.15, 0.2) is 48.5 Å². The van der Waals surface area contributed by atoms with Gasteiger partial charge in [0.2, 0.25) is 11.6 Å². The van der Waals surface area contributed by atoms with Crippen molar-refractivity contribution >= 4 is 0 Å². The molecule has 0 spiro atoms. The first-order valence-electron chi connectivity index (χ1n) is 11.3. The molecule has 3 aromatic carbocycles. The maximum atomic E-state index is 14.9. The van der Waals surface area contributed by atoms with E-state index in [0.717, 1.165) is 32.1 Å². The predicted molar refractivity (Wildman–Crippen MR) is 119 cm³/mol. The number of rotatable bonds is 7. The lowest BCUT2D eigenvalue weighted by Gasteiger charge is -2.23. The van der Waals surface area contributed by atoms with Crippen molar-refractivity contribution in [3.05, 3.63) is 82.9 Å². The van der Waals surface area contributed by atoms with Gasteiger partial charge in [0, 0.05) is 5.56 Å². The van der Waals surface area contributed by atoms with Crippen molar-refractivity contribution in [3.8, 4) is 22.6 Å². The molecule has 3 aromatic rings. The van der Waals surface area contributed by atoms with E-state index in [1.165, 1.54) is 12.1 Å². The van der Waals surface area contributed by atoms with Crippen LogP contribution in [0.3, 0.4) is 0 Å². The quantitative estimate of drug-likeness (QED) is 0.335. The van der Waals surface area contributed by atoms with Crippen molar-refractivity contribution in [1.29, 1.82) is 0 Å². The Balaban J connectivity index is 1.46. The largest absolute Gasteiger partial charge is 0.491 e. The zero-order chi connectivity index (χ0) is 23.4. The first-order valence-corrected chi connectivity index (χ1v) is 11.3. The van der Waals surface area contributed by atoms with Gasteiger partial charge in [-0.3, -0.25) is 0 Å². The summed E-state index contributed by atoms with van der Waals surface area (Å²) in [5, 5.41) is 0. The molecule has 0 unspecified atom stereocenters. The first-order chi connectivity index (χ1) is 16.0. The minimum absolute atomic E-state index is 0.0118. The molecule has 6 heteroatoms. The molecule has 4 rings (SSSR count). The Labute approximate surface area is 191 Å². The Morgan fingerprint density at radius 2 is 1.33 bits per heavy atom. The van der Waals surface area contributed by atoms with Gasteiger partial charge in [-0.15, -0.1) is 0 Å². The molecule has 33 heavy (non-hydrogen) atoms. The van der Waals surface area contributed by atoms with Gasteiger partial charge in [-0.05, 0) is 54.5 Å². The minimum atomic E-state index is -1.12. The highest BCUT2D eigenvalue weighted by molar-refractivity contribution is 5.65. The Morgan fingerprint density at radius 3 is 1.97 bits per heavy atom. The SMILES string of the molecule is CCOc1ccc(OCc2ccc(-c3ccc(C4CCCCC4)c(F)c3F)cc2)c(F)c1F. The van der Waals surface area contributed by atoms with E-state index in [9.17, 15) is 17.6 Å². The summed E-state index contributed by atoms with van der Waals surface area (Å²) in [4.78, 5) is 0. The van der Waals surface area contributed by atoms with Crippen LogP contribution in [-0.4, -0.2) is 6.61 Å². The van der Waals surface area contributed by atoms with Crippen molar-refractivity contribution < 1.29 is 27.0 Å². The first kappa shape index (κ1) is 23.1. The number of hydrogen-bond acceptors (Lipinski definition) is 2. The summed E-state index contributed by atoms with van der Waals surface area (Å²) in [6.07, 6.45) is 5.02. The standard InChI is InChI=1S/C27H26F4O2/c1-2-32-22-14-15-23(27(31)26(22)30)33-16-17-8-10-19(11-9-17)21-13-12-20(24(28)25(21)29)18-6-4-3-5-7-18/h8-15,18H,2-7,16H2,1H3. The van der Waals surface area contributed by atoms with Crippen LogP contribution in [0.1, 0.15) is 56.1 Å². The molecule has 0 atom stereocenters. The average molecular weight is 458 g/mol. The molecule has 1 aliphatic rings. The summed E-state index contributed by atoms with van der Waals surface area (Å²) in [6, 6.07) is 12.6. The topological polar surface area (TPSA) is 18.5 Å². The van der Waals surface area contributed by atoms with Gasteiger partial charge in [-0.25, -0.2) is 8.78 Å². The number of hydrogen-bond donors (Lipinski definition) is 0. The van der Waals surface area contributed by atoms with Gasteiger partial charge in [0.25, 0.3) is 0 Å². The van der Waals surface area contributed by atoms with E-state index in [1.54, 1.807) is 43.3 Å². The van der Waals surface area contributed by atoms with Gasteiger partial charge in [-0.1, -0.05) is 55.7 Å². The normalized spacial score (nSPS) is 14.3. The van der Waals surface area contributed by atoms with Crippen molar-refractivity contribution in [2.75, 3.05) is 6.61 Å². The number of halogens is 4. The Bertz CT molecular complexity index is 1110. The van der Waals surface area contributed by atoms with Crippen LogP contribution in [0, 0.1) is 23.3 Å². The molecule has 174 valence electrons. The van der Waals surface area contributed by atoms with Crippen LogP contribution < -0.4 is 9.47 Å². The fourth-order valence-electron chi connectivity index (χ4n) is 4.35. The molecule has 0 aromatic heterocycles. The molecule has 0 aliphatic heterocycles. The summed E-state index contributed by atoms with van der Waals surface area (Å²) < 4.78 is 68.2. The fraction of sp³-hybridized carbons (Fsp3) is 0.333. The van der Waals surface area contributed by atoms with Crippen LogP contribution >= 0.6 is 0 Å². The molecule has 1 aliphatic carbocycles.